The Kier molecular flexibility index (Phi) is 4.94. The minimum Gasteiger partial charge on any atom is -0.508 e. The monoisotopic (exact) mass is 349 g/mol. The molecule has 26 heavy (non-hydrogen) atoms. The van der Waals surface area contributed by atoms with Gasteiger partial charge in [-0.25, -0.2) is 9.78 Å². The van der Waals surface area contributed by atoms with Crippen LogP contribution in [0.25, 0.3) is 17.0 Å². The fourth-order valence-electron chi connectivity index (χ4n) is 2.35. The topological polar surface area (TPSA) is 96.7 Å². The van der Waals surface area contributed by atoms with Gasteiger partial charge in [-0.3, -0.25) is 4.79 Å². The molecule has 0 spiro atoms. The smallest absolute Gasteiger partial charge is 0.331 e. The van der Waals surface area contributed by atoms with Gasteiger partial charge in [0.05, 0.1) is 16.8 Å². The van der Waals surface area contributed by atoms with E-state index in [9.17, 15) is 19.8 Å². The maximum absolute atomic E-state index is 11.9. The number of fused-ring (bicyclic) bond motifs is 1. The van der Waals surface area contributed by atoms with Gasteiger partial charge in [0.15, 0.2) is 6.61 Å². The summed E-state index contributed by atoms with van der Waals surface area (Å²) in [6, 6.07) is 14.8. The van der Waals surface area contributed by atoms with Gasteiger partial charge in [-0.05, 0) is 30.3 Å². The molecule has 3 aromatic rings. The van der Waals surface area contributed by atoms with Gasteiger partial charge in [0.25, 0.3) is 0 Å². The minimum atomic E-state index is -0.702. The van der Waals surface area contributed by atoms with E-state index >= 15 is 0 Å². The molecule has 130 valence electrons. The van der Waals surface area contributed by atoms with E-state index in [-0.39, 0.29) is 17.1 Å². The molecular formula is C20H15NO5. The molecule has 6 heteroatoms. The third-order valence-corrected chi connectivity index (χ3v) is 3.64. The van der Waals surface area contributed by atoms with E-state index in [0.717, 1.165) is 17.0 Å². The van der Waals surface area contributed by atoms with Crippen molar-refractivity contribution in [2.75, 3.05) is 6.61 Å². The lowest BCUT2D eigenvalue weighted by Crippen LogP contribution is -2.12. The SMILES string of the molecule is O=C(C=Cc1ccc2ccccc2n1)OCC(=O)c1ccc(O)cc1O. The van der Waals surface area contributed by atoms with E-state index in [4.69, 9.17) is 4.74 Å². The maximum Gasteiger partial charge on any atom is 0.331 e. The number of Topliss-reactive ketones (excluding diaryl/α,β-unsaturated/α-hetero) is 1. The number of hydrogen-bond donors (Lipinski definition) is 2. The number of ether oxygens (including phenoxy) is 1. The normalized spacial score (nSPS) is 10.9. The van der Waals surface area contributed by atoms with Crippen LogP contribution in [0.3, 0.4) is 0 Å². The van der Waals surface area contributed by atoms with Gasteiger partial charge in [0, 0.05) is 17.5 Å². The lowest BCUT2D eigenvalue weighted by Gasteiger charge is -2.04. The van der Waals surface area contributed by atoms with E-state index in [1.165, 1.54) is 24.3 Å². The number of phenols is 2. The Hall–Kier alpha value is -3.67. The average Bonchev–Trinajstić information content (AvgIpc) is 2.64. The number of esters is 1. The van der Waals surface area contributed by atoms with E-state index in [1.54, 1.807) is 6.07 Å². The molecule has 0 aliphatic carbocycles. The van der Waals surface area contributed by atoms with E-state index in [2.05, 4.69) is 4.98 Å². The molecular weight excluding hydrogens is 334 g/mol. The largest absolute Gasteiger partial charge is 0.508 e. The first-order chi connectivity index (χ1) is 12.5. The van der Waals surface area contributed by atoms with Gasteiger partial charge in [0.1, 0.15) is 11.5 Å². The number of carbonyl (C=O) groups excluding carboxylic acids is 2. The number of carbonyl (C=O) groups is 2. The number of nitrogens with zero attached hydrogens (tertiary/aromatic N) is 1. The van der Waals surface area contributed by atoms with Crippen molar-refractivity contribution in [3.05, 3.63) is 71.9 Å². The Morgan fingerprint density at radius 3 is 2.65 bits per heavy atom. The average molecular weight is 349 g/mol. The van der Waals surface area contributed by atoms with Gasteiger partial charge in [-0.1, -0.05) is 24.3 Å². The number of rotatable bonds is 5. The molecule has 2 N–H and O–H groups in total. The quantitative estimate of drug-likeness (QED) is 0.417. The molecule has 2 aromatic carbocycles. The highest BCUT2D eigenvalue weighted by Crippen LogP contribution is 2.22. The van der Waals surface area contributed by atoms with Crippen LogP contribution in [0.4, 0.5) is 0 Å². The fraction of sp³-hybridized carbons (Fsp3) is 0.0500. The predicted octanol–water partition coefficient (Wildman–Crippen LogP) is 3.09. The van der Waals surface area contributed by atoms with E-state index < -0.39 is 18.4 Å². The van der Waals surface area contributed by atoms with Gasteiger partial charge >= 0.3 is 5.97 Å². The van der Waals surface area contributed by atoms with E-state index in [0.29, 0.717) is 5.69 Å². The Morgan fingerprint density at radius 1 is 1.04 bits per heavy atom. The third-order valence-electron chi connectivity index (χ3n) is 3.64. The third kappa shape index (κ3) is 4.05. The van der Waals surface area contributed by atoms with Gasteiger partial charge in [-0.2, -0.15) is 0 Å². The summed E-state index contributed by atoms with van der Waals surface area (Å²) in [6.45, 7) is -0.521. The highest BCUT2D eigenvalue weighted by atomic mass is 16.5. The van der Waals surface area contributed by atoms with Crippen LogP contribution in [0.1, 0.15) is 16.1 Å². The Bertz CT molecular complexity index is 1010. The van der Waals surface area contributed by atoms with Crippen molar-refractivity contribution in [3.8, 4) is 11.5 Å². The zero-order valence-electron chi connectivity index (χ0n) is 13.6. The molecule has 0 fully saturated rings. The number of ketones is 1. The first-order valence-corrected chi connectivity index (χ1v) is 7.79. The number of aromatic hydroxyl groups is 2. The number of hydrogen-bond acceptors (Lipinski definition) is 6. The standard InChI is InChI=1S/C20H15NO5/c22-15-8-9-16(18(23)11-15)19(24)12-26-20(25)10-7-14-6-5-13-3-1-2-4-17(13)21-14/h1-11,22-23H,12H2. The lowest BCUT2D eigenvalue weighted by atomic mass is 10.1. The second kappa shape index (κ2) is 7.48. The lowest BCUT2D eigenvalue weighted by molar-refractivity contribution is -0.136. The van der Waals surface area contributed by atoms with Crippen LogP contribution in [-0.4, -0.2) is 33.6 Å². The second-order valence-electron chi connectivity index (χ2n) is 5.49. The highest BCUT2D eigenvalue weighted by molar-refractivity contribution is 6.01. The van der Waals surface area contributed by atoms with Crippen LogP contribution in [0.15, 0.2) is 60.7 Å². The van der Waals surface area contributed by atoms with Crippen molar-refractivity contribution < 1.29 is 24.5 Å². The summed E-state index contributed by atoms with van der Waals surface area (Å²) in [5.41, 5.74) is 1.36. The summed E-state index contributed by atoms with van der Waals surface area (Å²) in [5, 5.41) is 19.8. The molecule has 6 nitrogen and oxygen atoms in total. The van der Waals surface area contributed by atoms with Crippen molar-refractivity contribution in [3.63, 3.8) is 0 Å². The Balaban J connectivity index is 1.60. The van der Waals surface area contributed by atoms with Gasteiger partial charge in [-0.15, -0.1) is 0 Å². The van der Waals surface area contributed by atoms with Crippen molar-refractivity contribution in [2.45, 2.75) is 0 Å². The Labute approximate surface area is 149 Å². The summed E-state index contributed by atoms with van der Waals surface area (Å²) in [5.74, 6) is -1.82. The zero-order chi connectivity index (χ0) is 18.5. The molecule has 0 amide bonds. The van der Waals surface area contributed by atoms with Crippen molar-refractivity contribution in [2.24, 2.45) is 0 Å². The van der Waals surface area contributed by atoms with Crippen molar-refractivity contribution >= 4 is 28.7 Å². The van der Waals surface area contributed by atoms with Crippen molar-refractivity contribution in [1.29, 1.82) is 0 Å². The Morgan fingerprint density at radius 2 is 1.85 bits per heavy atom. The first kappa shape index (κ1) is 17.2. The molecule has 1 heterocycles. The van der Waals surface area contributed by atoms with Crippen LogP contribution < -0.4 is 0 Å². The summed E-state index contributed by atoms with van der Waals surface area (Å²) >= 11 is 0. The van der Waals surface area contributed by atoms with Crippen LogP contribution >= 0.6 is 0 Å². The van der Waals surface area contributed by atoms with Crippen LogP contribution in [0.2, 0.25) is 0 Å². The number of benzene rings is 2. The molecule has 0 saturated carbocycles. The van der Waals surface area contributed by atoms with Crippen LogP contribution in [0, 0.1) is 0 Å². The van der Waals surface area contributed by atoms with Gasteiger partial charge in [0.2, 0.25) is 5.78 Å². The molecule has 1 aromatic heterocycles. The number of pyridine rings is 1. The summed E-state index contributed by atoms with van der Waals surface area (Å²) in [6.07, 6.45) is 2.68. The molecule has 0 saturated heterocycles. The first-order valence-electron chi connectivity index (χ1n) is 7.79. The highest BCUT2D eigenvalue weighted by Gasteiger charge is 2.13. The molecule has 0 unspecified atom stereocenters. The molecule has 0 aliphatic rings. The molecule has 0 aliphatic heterocycles. The second-order valence-corrected chi connectivity index (χ2v) is 5.49. The van der Waals surface area contributed by atoms with Crippen LogP contribution in [-0.2, 0) is 9.53 Å². The minimum absolute atomic E-state index is 0.0317. The van der Waals surface area contributed by atoms with Crippen LogP contribution in [0.5, 0.6) is 11.5 Å². The number of para-hydroxylation sites is 1. The molecule has 0 bridgehead atoms. The van der Waals surface area contributed by atoms with Crippen molar-refractivity contribution in [1.82, 2.24) is 4.98 Å². The number of phenolic OH excluding ortho intramolecular Hbond substituents is 2. The molecule has 3 rings (SSSR count). The number of aromatic nitrogens is 1. The summed E-state index contributed by atoms with van der Waals surface area (Å²) in [4.78, 5) is 28.1. The fourth-order valence-corrected chi connectivity index (χ4v) is 2.35. The summed E-state index contributed by atoms with van der Waals surface area (Å²) in [7, 11) is 0. The molecule has 0 radical (unpaired) electrons. The van der Waals surface area contributed by atoms with E-state index in [1.807, 2.05) is 30.3 Å². The summed E-state index contributed by atoms with van der Waals surface area (Å²) < 4.78 is 4.88. The molecule has 0 atom stereocenters. The predicted molar refractivity (Wildman–Crippen MR) is 95.8 cm³/mol. The van der Waals surface area contributed by atoms with Gasteiger partial charge < -0.3 is 14.9 Å². The zero-order valence-corrected chi connectivity index (χ0v) is 13.6. The maximum atomic E-state index is 11.9.